The van der Waals surface area contributed by atoms with E-state index < -0.39 is 6.04 Å². The Kier molecular flexibility index (Phi) is 11.0. The van der Waals surface area contributed by atoms with Crippen LogP contribution in [0.4, 0.5) is 0 Å². The van der Waals surface area contributed by atoms with Crippen molar-refractivity contribution in [2.24, 2.45) is 11.5 Å². The van der Waals surface area contributed by atoms with Gasteiger partial charge in [-0.1, -0.05) is 61.5 Å². The van der Waals surface area contributed by atoms with Gasteiger partial charge in [0.25, 0.3) is 0 Å². The van der Waals surface area contributed by atoms with Crippen molar-refractivity contribution in [1.82, 2.24) is 5.32 Å². The molecule has 2 aromatic rings. The number of nitrogens with two attached hydrogens (primary N) is 2. The van der Waals surface area contributed by atoms with Gasteiger partial charge in [0.15, 0.2) is 5.78 Å². The maximum Gasteiger partial charge on any atom is 0.167 e. The van der Waals surface area contributed by atoms with Gasteiger partial charge in [0.2, 0.25) is 0 Å². The molecule has 0 amide bonds. The standard InChI is InChI=1S/C24H35N3OS/c1-2-19-10-12-21(13-11-19)17-29-18-23(24(28)22(26)9-6-15-25)27-16-14-20-7-4-3-5-8-20/h3-5,7-8,10-13,22-23,27H,2,6,9,14-18,25-26H2,1H3/t22-,23?/m1/s1. The summed E-state index contributed by atoms with van der Waals surface area (Å²) in [7, 11) is 0. The molecule has 4 nitrogen and oxygen atoms in total. The van der Waals surface area contributed by atoms with Gasteiger partial charge in [0, 0.05) is 11.5 Å². The van der Waals surface area contributed by atoms with Gasteiger partial charge in [-0.2, -0.15) is 11.8 Å². The molecular formula is C24H35N3OS. The predicted octanol–water partition coefficient (Wildman–Crippen LogP) is 3.32. The predicted molar refractivity (Wildman–Crippen MR) is 125 cm³/mol. The molecule has 5 heteroatoms. The summed E-state index contributed by atoms with van der Waals surface area (Å²) in [6.45, 7) is 3.49. The van der Waals surface area contributed by atoms with Crippen LogP contribution in [0.15, 0.2) is 54.6 Å². The van der Waals surface area contributed by atoms with Crippen molar-refractivity contribution >= 4 is 17.5 Å². The second kappa shape index (κ2) is 13.5. The lowest BCUT2D eigenvalue weighted by Gasteiger charge is -2.21. The second-order valence-corrected chi connectivity index (χ2v) is 8.40. The van der Waals surface area contributed by atoms with Crippen molar-refractivity contribution in [3.8, 4) is 0 Å². The first kappa shape index (κ1) is 23.6. The summed E-state index contributed by atoms with van der Waals surface area (Å²) in [5.41, 5.74) is 15.6. The van der Waals surface area contributed by atoms with E-state index in [1.807, 2.05) is 18.2 Å². The Hall–Kier alpha value is -1.66. The van der Waals surface area contributed by atoms with Crippen LogP contribution >= 0.6 is 11.8 Å². The van der Waals surface area contributed by atoms with E-state index >= 15 is 0 Å². The fraction of sp³-hybridized carbons (Fsp3) is 0.458. The van der Waals surface area contributed by atoms with E-state index in [9.17, 15) is 4.79 Å². The number of benzene rings is 2. The summed E-state index contributed by atoms with van der Waals surface area (Å²) in [6, 6.07) is 18.4. The molecule has 1 unspecified atom stereocenters. The van der Waals surface area contributed by atoms with Crippen LogP contribution in [0, 0.1) is 0 Å². The molecule has 5 N–H and O–H groups in total. The van der Waals surface area contributed by atoms with Crippen LogP contribution in [-0.4, -0.2) is 36.7 Å². The highest BCUT2D eigenvalue weighted by atomic mass is 32.2. The molecule has 0 radical (unpaired) electrons. The molecule has 2 atom stereocenters. The van der Waals surface area contributed by atoms with Crippen molar-refractivity contribution in [3.05, 3.63) is 71.3 Å². The average Bonchev–Trinajstić information content (AvgIpc) is 2.77. The summed E-state index contributed by atoms with van der Waals surface area (Å²) in [5.74, 6) is 1.71. The first-order valence-electron chi connectivity index (χ1n) is 10.6. The molecule has 0 aliphatic rings. The molecule has 0 fully saturated rings. The van der Waals surface area contributed by atoms with Gasteiger partial charge in [0.1, 0.15) is 0 Å². The van der Waals surface area contributed by atoms with Crippen LogP contribution in [0.2, 0.25) is 0 Å². The lowest BCUT2D eigenvalue weighted by Crippen LogP contribution is -2.48. The van der Waals surface area contributed by atoms with Gasteiger partial charge in [-0.15, -0.1) is 0 Å². The first-order chi connectivity index (χ1) is 14.1. The Labute approximate surface area is 179 Å². The van der Waals surface area contributed by atoms with Crippen LogP contribution < -0.4 is 16.8 Å². The number of Topliss-reactive ketones (excluding diaryl/α,β-unsaturated/α-hetero) is 1. The van der Waals surface area contributed by atoms with Gasteiger partial charge in [-0.05, 0) is 55.5 Å². The monoisotopic (exact) mass is 413 g/mol. The zero-order valence-corrected chi connectivity index (χ0v) is 18.3. The Morgan fingerprint density at radius 3 is 2.38 bits per heavy atom. The van der Waals surface area contributed by atoms with Crippen LogP contribution in [0.1, 0.15) is 36.5 Å². The normalized spacial score (nSPS) is 13.2. The van der Waals surface area contributed by atoms with Crippen molar-refractivity contribution < 1.29 is 4.79 Å². The summed E-state index contributed by atoms with van der Waals surface area (Å²) >= 11 is 1.78. The molecule has 29 heavy (non-hydrogen) atoms. The minimum Gasteiger partial charge on any atom is -0.330 e. The van der Waals surface area contributed by atoms with Crippen molar-refractivity contribution in [3.63, 3.8) is 0 Å². The van der Waals surface area contributed by atoms with Crippen molar-refractivity contribution in [1.29, 1.82) is 0 Å². The van der Waals surface area contributed by atoms with Crippen LogP contribution in [-0.2, 0) is 23.4 Å². The SMILES string of the molecule is CCc1ccc(CSCC(NCCc2ccccc2)C(=O)[C@H](N)CCCN)cc1. The number of hydrogen-bond acceptors (Lipinski definition) is 5. The van der Waals surface area contributed by atoms with Crippen molar-refractivity contribution in [2.75, 3.05) is 18.8 Å². The maximum atomic E-state index is 12.9. The molecule has 0 aliphatic carbocycles. The number of aryl methyl sites for hydroxylation is 1. The summed E-state index contributed by atoms with van der Waals surface area (Å²) in [6.07, 6.45) is 3.37. The third-order valence-electron chi connectivity index (χ3n) is 5.06. The zero-order valence-electron chi connectivity index (χ0n) is 17.5. The van der Waals surface area contributed by atoms with Crippen LogP contribution in [0.5, 0.6) is 0 Å². The van der Waals surface area contributed by atoms with E-state index in [4.69, 9.17) is 11.5 Å². The first-order valence-corrected chi connectivity index (χ1v) is 11.7. The van der Waals surface area contributed by atoms with E-state index in [1.165, 1.54) is 16.7 Å². The fourth-order valence-corrected chi connectivity index (χ4v) is 4.25. The molecule has 0 heterocycles. The number of thioether (sulfide) groups is 1. The van der Waals surface area contributed by atoms with Crippen molar-refractivity contribution in [2.45, 2.75) is 50.4 Å². The van der Waals surface area contributed by atoms with E-state index in [2.05, 4.69) is 48.6 Å². The Morgan fingerprint density at radius 2 is 1.72 bits per heavy atom. The fourth-order valence-electron chi connectivity index (χ4n) is 3.18. The largest absolute Gasteiger partial charge is 0.330 e. The topological polar surface area (TPSA) is 81.1 Å². The molecule has 0 aliphatic heterocycles. The number of rotatable bonds is 14. The smallest absolute Gasteiger partial charge is 0.167 e. The molecule has 0 saturated carbocycles. The zero-order chi connectivity index (χ0) is 20.9. The number of carbonyl (C=O) groups is 1. The van der Waals surface area contributed by atoms with Gasteiger partial charge in [0.05, 0.1) is 12.1 Å². The number of nitrogens with one attached hydrogen (secondary N) is 1. The van der Waals surface area contributed by atoms with Crippen LogP contribution in [0.25, 0.3) is 0 Å². The molecule has 0 spiro atoms. The van der Waals surface area contributed by atoms with E-state index in [0.717, 1.165) is 37.3 Å². The lowest BCUT2D eigenvalue weighted by molar-refractivity contribution is -0.121. The molecule has 2 aromatic carbocycles. The van der Waals surface area contributed by atoms with Gasteiger partial charge < -0.3 is 16.8 Å². The minimum atomic E-state index is -0.447. The van der Waals surface area contributed by atoms with E-state index in [-0.39, 0.29) is 11.8 Å². The second-order valence-electron chi connectivity index (χ2n) is 7.37. The molecule has 2 rings (SSSR count). The van der Waals surface area contributed by atoms with Crippen LogP contribution in [0.3, 0.4) is 0 Å². The Balaban J connectivity index is 1.88. The number of hydrogen-bond donors (Lipinski definition) is 3. The molecular weight excluding hydrogens is 378 g/mol. The maximum absolute atomic E-state index is 12.9. The molecule has 0 bridgehead atoms. The molecule has 0 aromatic heterocycles. The van der Waals surface area contributed by atoms with Gasteiger partial charge in [-0.25, -0.2) is 0 Å². The molecule has 158 valence electrons. The highest BCUT2D eigenvalue weighted by molar-refractivity contribution is 7.98. The minimum absolute atomic E-state index is 0.0975. The van der Waals surface area contributed by atoms with Gasteiger partial charge in [-0.3, -0.25) is 4.79 Å². The number of carbonyl (C=O) groups excluding carboxylic acids is 1. The highest BCUT2D eigenvalue weighted by Gasteiger charge is 2.23. The Morgan fingerprint density at radius 1 is 1.03 bits per heavy atom. The lowest BCUT2D eigenvalue weighted by atomic mass is 10.0. The van der Waals surface area contributed by atoms with E-state index in [0.29, 0.717) is 13.0 Å². The summed E-state index contributed by atoms with van der Waals surface area (Å²) in [5, 5.41) is 3.45. The van der Waals surface area contributed by atoms with Gasteiger partial charge >= 0.3 is 0 Å². The number of ketones is 1. The third kappa shape index (κ3) is 8.70. The average molecular weight is 414 g/mol. The van der Waals surface area contributed by atoms with E-state index in [1.54, 1.807) is 11.8 Å². The quantitative estimate of drug-likeness (QED) is 0.443. The highest BCUT2D eigenvalue weighted by Crippen LogP contribution is 2.16. The Bertz CT molecular complexity index is 706. The summed E-state index contributed by atoms with van der Waals surface area (Å²) in [4.78, 5) is 12.9. The molecule has 0 saturated heterocycles. The third-order valence-corrected chi connectivity index (χ3v) is 6.17. The summed E-state index contributed by atoms with van der Waals surface area (Å²) < 4.78 is 0.